The summed E-state index contributed by atoms with van der Waals surface area (Å²) in [6.07, 6.45) is 102. The number of phosphoric ester groups is 2. The molecule has 0 aliphatic rings. The van der Waals surface area contributed by atoms with Gasteiger partial charge in [-0.25, -0.2) is 9.13 Å². The summed E-state index contributed by atoms with van der Waals surface area (Å²) in [5.74, 6) is -2.38. The Morgan fingerprint density at radius 3 is 0.745 bits per heavy atom. The van der Waals surface area contributed by atoms with Crippen molar-refractivity contribution in [2.24, 2.45) is 0 Å². The molecule has 110 heavy (non-hydrogen) atoms. The molecule has 0 saturated heterocycles. The molecule has 618 valence electrons. The lowest BCUT2D eigenvalue weighted by Gasteiger charge is -2.21. The van der Waals surface area contributed by atoms with Crippen molar-refractivity contribution in [1.29, 1.82) is 0 Å². The van der Waals surface area contributed by atoms with E-state index in [4.69, 9.17) is 37.0 Å². The minimum atomic E-state index is -5.02. The van der Waals surface area contributed by atoms with Crippen LogP contribution in [0.5, 0.6) is 0 Å². The number of rotatable bonds is 74. The lowest BCUT2D eigenvalue weighted by atomic mass is 10.1. The summed E-state index contributed by atoms with van der Waals surface area (Å²) in [6.45, 7) is 4.22. The van der Waals surface area contributed by atoms with Crippen LogP contribution in [0.2, 0.25) is 0 Å². The van der Waals surface area contributed by atoms with Gasteiger partial charge in [0.1, 0.15) is 19.3 Å². The van der Waals surface area contributed by atoms with Crippen LogP contribution in [0, 0.1) is 0 Å². The summed E-state index contributed by atoms with van der Waals surface area (Å²) < 4.78 is 68.6. The molecular weight excluding hydrogens is 1430 g/mol. The highest BCUT2D eigenvalue weighted by Gasteiger charge is 2.30. The van der Waals surface area contributed by atoms with Crippen molar-refractivity contribution >= 4 is 39.5 Å². The first-order valence-electron chi connectivity index (χ1n) is 41.0. The maximum atomic E-state index is 13.1. The van der Waals surface area contributed by atoms with Gasteiger partial charge < -0.3 is 33.8 Å². The number of phosphoric acid groups is 2. The van der Waals surface area contributed by atoms with E-state index in [9.17, 15) is 43.2 Å². The molecule has 0 spiro atoms. The fourth-order valence-electron chi connectivity index (χ4n) is 9.86. The van der Waals surface area contributed by atoms with Crippen LogP contribution < -0.4 is 0 Å². The molecule has 0 aromatic carbocycles. The van der Waals surface area contributed by atoms with E-state index in [-0.39, 0.29) is 25.7 Å². The summed E-state index contributed by atoms with van der Waals surface area (Å²) in [6, 6.07) is 0. The van der Waals surface area contributed by atoms with Crippen molar-refractivity contribution in [3.05, 3.63) is 219 Å². The SMILES string of the molecule is CC/C=C\C/C=C\C/C=C\C/C=C\C/C=C\C/C=C\CCC(=O)OCC(COP(=O)(O)OCC(O)COP(=O)(O)OCC(COC(=O)CCCCC/C=C\C/C=C\C/C=C\C/C=C\C/C=C\CC)OC(=O)CCCCCC/C=C\C/C=C\C/C=C\C/C=C\CC)OC(=O)CCCCCCC/C=C\C/C=C\C/C=C\CC. The predicted molar refractivity (Wildman–Crippen MR) is 454 cm³/mol. The second kappa shape index (κ2) is 80.4. The van der Waals surface area contributed by atoms with Gasteiger partial charge in [-0.1, -0.05) is 285 Å². The molecule has 19 heteroatoms. The van der Waals surface area contributed by atoms with Gasteiger partial charge in [0.25, 0.3) is 0 Å². The maximum absolute atomic E-state index is 13.1. The molecule has 0 radical (unpaired) electrons. The van der Waals surface area contributed by atoms with Crippen molar-refractivity contribution in [3.8, 4) is 0 Å². The molecule has 0 rings (SSSR count). The van der Waals surface area contributed by atoms with Crippen LogP contribution >= 0.6 is 15.6 Å². The van der Waals surface area contributed by atoms with Crippen LogP contribution in [-0.4, -0.2) is 96.7 Å². The Labute approximate surface area is 664 Å². The zero-order valence-corrected chi connectivity index (χ0v) is 69.4. The van der Waals surface area contributed by atoms with Gasteiger partial charge in [0.05, 0.1) is 26.4 Å². The second-order valence-corrected chi connectivity index (χ2v) is 29.1. The zero-order valence-electron chi connectivity index (χ0n) is 67.6. The fraction of sp³-hybridized carbons (Fsp3) is 0.560. The summed E-state index contributed by atoms with van der Waals surface area (Å²) >= 11 is 0. The number of ether oxygens (including phenoxy) is 4. The Hall–Kier alpha value is -6.62. The second-order valence-electron chi connectivity index (χ2n) is 26.2. The van der Waals surface area contributed by atoms with E-state index in [1.807, 2.05) is 18.2 Å². The predicted octanol–water partition coefficient (Wildman–Crippen LogP) is 24.4. The number of unbranched alkanes of at least 4 members (excludes halogenated alkanes) is 12. The minimum absolute atomic E-state index is 0.0221. The highest BCUT2D eigenvalue weighted by Crippen LogP contribution is 2.45. The topological polar surface area (TPSA) is 237 Å². The van der Waals surface area contributed by atoms with Crippen LogP contribution in [0.3, 0.4) is 0 Å². The Morgan fingerprint density at radius 2 is 0.464 bits per heavy atom. The third kappa shape index (κ3) is 79.5. The Morgan fingerprint density at radius 1 is 0.255 bits per heavy atom. The highest BCUT2D eigenvalue weighted by molar-refractivity contribution is 7.47. The molecule has 0 aromatic heterocycles. The Bertz CT molecular complexity index is 2950. The smallest absolute Gasteiger partial charge is 0.462 e. The molecule has 17 nitrogen and oxygen atoms in total. The van der Waals surface area contributed by atoms with Gasteiger partial charge in [0.2, 0.25) is 0 Å². The van der Waals surface area contributed by atoms with Crippen LogP contribution in [-0.2, 0) is 65.4 Å². The zero-order chi connectivity index (χ0) is 80.3. The molecule has 0 aromatic rings. The summed E-state index contributed by atoms with van der Waals surface area (Å²) in [4.78, 5) is 73.1. The molecule has 0 bridgehead atoms. The van der Waals surface area contributed by atoms with E-state index in [0.717, 1.165) is 186 Å². The summed E-state index contributed by atoms with van der Waals surface area (Å²) in [5.41, 5.74) is 0. The first kappa shape index (κ1) is 103. The van der Waals surface area contributed by atoms with E-state index in [1.54, 1.807) is 0 Å². The monoisotopic (exact) mass is 1570 g/mol. The number of hydrogen-bond acceptors (Lipinski definition) is 15. The maximum Gasteiger partial charge on any atom is 0.472 e. The number of aliphatic hydroxyl groups is 1. The van der Waals surface area contributed by atoms with Crippen LogP contribution in [0.15, 0.2) is 219 Å². The van der Waals surface area contributed by atoms with Gasteiger partial charge >= 0.3 is 39.5 Å². The van der Waals surface area contributed by atoms with Crippen LogP contribution in [0.25, 0.3) is 0 Å². The summed E-state index contributed by atoms with van der Waals surface area (Å²) in [7, 11) is -10.0. The minimum Gasteiger partial charge on any atom is -0.462 e. The van der Waals surface area contributed by atoms with Gasteiger partial charge in [-0.05, 0) is 180 Å². The lowest BCUT2D eigenvalue weighted by Crippen LogP contribution is -2.30. The summed E-state index contributed by atoms with van der Waals surface area (Å²) in [5, 5.41) is 10.7. The van der Waals surface area contributed by atoms with Crippen molar-refractivity contribution in [3.63, 3.8) is 0 Å². The molecule has 5 unspecified atom stereocenters. The number of aliphatic hydroxyl groups excluding tert-OH is 1. The average Bonchev–Trinajstić information content (AvgIpc) is 0.899. The van der Waals surface area contributed by atoms with Gasteiger partial charge in [0, 0.05) is 25.7 Å². The van der Waals surface area contributed by atoms with Crippen molar-refractivity contribution in [2.75, 3.05) is 39.6 Å². The average molecular weight is 1570 g/mol. The normalized spacial score (nSPS) is 14.9. The molecule has 0 amide bonds. The van der Waals surface area contributed by atoms with Gasteiger partial charge in [-0.15, -0.1) is 0 Å². The van der Waals surface area contributed by atoms with Crippen molar-refractivity contribution in [1.82, 2.24) is 0 Å². The Balaban J connectivity index is 5.54. The van der Waals surface area contributed by atoms with Crippen LogP contribution in [0.4, 0.5) is 0 Å². The number of carbonyl (C=O) groups excluding carboxylic acids is 4. The van der Waals surface area contributed by atoms with E-state index in [0.29, 0.717) is 32.1 Å². The van der Waals surface area contributed by atoms with Crippen molar-refractivity contribution < 1.29 is 80.2 Å². The van der Waals surface area contributed by atoms with Gasteiger partial charge in [-0.3, -0.25) is 37.3 Å². The molecule has 0 fully saturated rings. The van der Waals surface area contributed by atoms with E-state index in [1.165, 1.54) is 0 Å². The molecule has 0 aliphatic heterocycles. The standard InChI is InChI=1S/C91H142O17P2/c1-5-9-13-17-21-25-29-33-37-40-42-45-48-51-55-59-63-67-71-75-88(93)101-81-86(107-90(95)77-73-69-65-61-57-53-47-36-32-28-24-20-16-12-8-4)83-105-109(97,98)103-79-85(92)80-104-110(99,100)106-84-87(108-91(96)78-74-70-66-62-58-54-50-44-39-35-31-27-23-19-15-11-7-3)82-102-89(94)76-72-68-64-60-56-52-49-46-43-41-38-34-30-26-22-18-14-10-6-2/h9-16,21-28,33-39,42-43,45-47,50-52,54-56,63,67,85-87,92H,5-8,17-20,29-32,40-41,44,48-49,53,57-62,64-66,68-84H2,1-4H3,(H,97,98)(H,99,100)/b13-9-,14-10-,15-11-,16-12-,25-21-,26-22-,27-23-,28-24-,37-33-,38-34-,39-35-,45-42-,46-43-,47-36-,54-50-,55-51-,56-52-,67-63-. The lowest BCUT2D eigenvalue weighted by molar-refractivity contribution is -0.161. The van der Waals surface area contributed by atoms with E-state index < -0.39 is 97.5 Å². The largest absolute Gasteiger partial charge is 0.472 e. The quantitative estimate of drug-likeness (QED) is 0.0169. The fourth-order valence-corrected chi connectivity index (χ4v) is 11.4. The number of allylic oxidation sites excluding steroid dienone is 36. The number of esters is 4. The van der Waals surface area contributed by atoms with E-state index >= 15 is 0 Å². The first-order chi connectivity index (χ1) is 53.7. The molecule has 0 heterocycles. The van der Waals surface area contributed by atoms with Gasteiger partial charge in [-0.2, -0.15) is 0 Å². The molecular formula is C91H142O17P2. The van der Waals surface area contributed by atoms with Gasteiger partial charge in [0.15, 0.2) is 12.2 Å². The Kier molecular flexibility index (Phi) is 75.6. The molecule has 0 aliphatic carbocycles. The third-order valence-corrected chi connectivity index (χ3v) is 17.8. The number of carbonyl (C=O) groups is 4. The molecule has 3 N–H and O–H groups in total. The van der Waals surface area contributed by atoms with Crippen molar-refractivity contribution in [2.45, 2.75) is 290 Å². The highest BCUT2D eigenvalue weighted by atomic mass is 31.2. The first-order valence-corrected chi connectivity index (χ1v) is 44.0. The number of hydrogen-bond donors (Lipinski definition) is 3. The van der Waals surface area contributed by atoms with Crippen LogP contribution in [0.1, 0.15) is 272 Å². The third-order valence-electron chi connectivity index (χ3n) is 15.9. The molecule has 0 saturated carbocycles. The van der Waals surface area contributed by atoms with E-state index in [2.05, 4.69) is 228 Å². The molecule has 5 atom stereocenters.